The van der Waals surface area contributed by atoms with E-state index in [2.05, 4.69) is 15.3 Å². The summed E-state index contributed by atoms with van der Waals surface area (Å²) in [5.41, 5.74) is 1.52. The van der Waals surface area contributed by atoms with Crippen molar-refractivity contribution >= 4 is 17.4 Å². The molecule has 0 saturated heterocycles. The van der Waals surface area contributed by atoms with Crippen molar-refractivity contribution in [3.63, 3.8) is 0 Å². The number of hydrogen-bond donors (Lipinski definition) is 1. The standard InChI is InChI=1S/C13H11ClN4/c1-9(11-3-2-4-16-8-11)17-13-6-10(7-15)5-12(14)18-13/h2-6,8-9H,1H3,(H,17,18). The molecule has 1 N–H and O–H groups in total. The van der Waals surface area contributed by atoms with Crippen molar-refractivity contribution in [3.8, 4) is 6.07 Å². The molecule has 2 aromatic rings. The summed E-state index contributed by atoms with van der Waals surface area (Å²) >= 11 is 5.84. The Balaban J connectivity index is 2.20. The minimum Gasteiger partial charge on any atom is -0.363 e. The van der Waals surface area contributed by atoms with Crippen molar-refractivity contribution in [2.24, 2.45) is 0 Å². The first-order valence-electron chi connectivity index (χ1n) is 5.43. The van der Waals surface area contributed by atoms with Gasteiger partial charge in [-0.3, -0.25) is 4.98 Å². The van der Waals surface area contributed by atoms with Gasteiger partial charge in [-0.15, -0.1) is 0 Å². The van der Waals surface area contributed by atoms with Crippen molar-refractivity contribution in [2.45, 2.75) is 13.0 Å². The van der Waals surface area contributed by atoms with Gasteiger partial charge >= 0.3 is 0 Å². The maximum atomic E-state index is 8.86. The largest absolute Gasteiger partial charge is 0.363 e. The Morgan fingerprint density at radius 3 is 2.94 bits per heavy atom. The molecular formula is C13H11ClN4. The van der Waals surface area contributed by atoms with Crippen LogP contribution in [0.25, 0.3) is 0 Å². The molecule has 0 radical (unpaired) electrons. The van der Waals surface area contributed by atoms with Gasteiger partial charge in [-0.05, 0) is 30.7 Å². The summed E-state index contributed by atoms with van der Waals surface area (Å²) in [7, 11) is 0. The average Bonchev–Trinajstić information content (AvgIpc) is 2.39. The SMILES string of the molecule is CC(Nc1cc(C#N)cc(Cl)n1)c1cccnc1. The molecule has 0 saturated carbocycles. The Hall–Kier alpha value is -2.12. The van der Waals surface area contributed by atoms with Crippen LogP contribution in [0, 0.1) is 11.3 Å². The number of nitriles is 1. The van der Waals surface area contributed by atoms with Gasteiger partial charge in [0.25, 0.3) is 0 Å². The molecule has 2 heterocycles. The molecule has 1 atom stereocenters. The number of nitrogens with zero attached hydrogens (tertiary/aromatic N) is 3. The van der Waals surface area contributed by atoms with Crippen LogP contribution in [0.5, 0.6) is 0 Å². The van der Waals surface area contributed by atoms with Crippen LogP contribution in [0.3, 0.4) is 0 Å². The Morgan fingerprint density at radius 1 is 1.44 bits per heavy atom. The molecule has 0 aliphatic carbocycles. The second-order valence-electron chi connectivity index (χ2n) is 3.83. The number of halogens is 1. The zero-order valence-corrected chi connectivity index (χ0v) is 10.5. The van der Waals surface area contributed by atoms with E-state index in [1.807, 2.05) is 25.1 Å². The van der Waals surface area contributed by atoms with Crippen LogP contribution in [-0.4, -0.2) is 9.97 Å². The normalized spacial score (nSPS) is 11.6. The molecule has 0 aromatic carbocycles. The number of hydrogen-bond acceptors (Lipinski definition) is 4. The minimum atomic E-state index is 0.0382. The van der Waals surface area contributed by atoms with E-state index in [9.17, 15) is 0 Å². The number of anilines is 1. The van der Waals surface area contributed by atoms with Crippen molar-refractivity contribution in [3.05, 3.63) is 52.9 Å². The van der Waals surface area contributed by atoms with Gasteiger partial charge in [0.05, 0.1) is 17.7 Å². The lowest BCUT2D eigenvalue weighted by Gasteiger charge is -2.14. The molecule has 0 fully saturated rings. The van der Waals surface area contributed by atoms with E-state index in [1.54, 1.807) is 18.5 Å². The first-order valence-corrected chi connectivity index (χ1v) is 5.81. The quantitative estimate of drug-likeness (QED) is 0.859. The summed E-state index contributed by atoms with van der Waals surface area (Å²) in [5, 5.41) is 12.4. The van der Waals surface area contributed by atoms with E-state index in [4.69, 9.17) is 16.9 Å². The number of aromatic nitrogens is 2. The van der Waals surface area contributed by atoms with Crippen LogP contribution in [0.4, 0.5) is 5.82 Å². The van der Waals surface area contributed by atoms with Gasteiger partial charge in [-0.1, -0.05) is 17.7 Å². The first-order chi connectivity index (χ1) is 8.69. The van der Waals surface area contributed by atoms with E-state index in [-0.39, 0.29) is 6.04 Å². The molecule has 2 rings (SSSR count). The molecule has 5 heteroatoms. The molecular weight excluding hydrogens is 248 g/mol. The number of rotatable bonds is 3. The lowest BCUT2D eigenvalue weighted by Crippen LogP contribution is -2.08. The monoisotopic (exact) mass is 258 g/mol. The van der Waals surface area contributed by atoms with Crippen molar-refractivity contribution in [2.75, 3.05) is 5.32 Å². The summed E-state index contributed by atoms with van der Waals surface area (Å²) in [5.74, 6) is 0.579. The number of pyridine rings is 2. The van der Waals surface area contributed by atoms with E-state index >= 15 is 0 Å². The summed E-state index contributed by atoms with van der Waals surface area (Å²) in [6.07, 6.45) is 3.51. The third-order valence-corrected chi connectivity index (χ3v) is 2.67. The number of nitrogens with one attached hydrogen (secondary N) is 1. The van der Waals surface area contributed by atoms with Crippen LogP contribution >= 0.6 is 11.6 Å². The van der Waals surface area contributed by atoms with E-state index in [0.29, 0.717) is 16.5 Å². The minimum absolute atomic E-state index is 0.0382. The fourth-order valence-corrected chi connectivity index (χ4v) is 1.78. The highest BCUT2D eigenvalue weighted by atomic mass is 35.5. The fraction of sp³-hybridized carbons (Fsp3) is 0.154. The third-order valence-electron chi connectivity index (χ3n) is 2.47. The molecule has 0 amide bonds. The van der Waals surface area contributed by atoms with Gasteiger partial charge < -0.3 is 5.32 Å². The maximum Gasteiger partial charge on any atom is 0.132 e. The zero-order chi connectivity index (χ0) is 13.0. The molecule has 0 spiro atoms. The lowest BCUT2D eigenvalue weighted by molar-refractivity contribution is 0.866. The van der Waals surface area contributed by atoms with Crippen molar-refractivity contribution in [1.82, 2.24) is 9.97 Å². The Morgan fingerprint density at radius 2 is 2.28 bits per heavy atom. The molecule has 18 heavy (non-hydrogen) atoms. The van der Waals surface area contributed by atoms with Gasteiger partial charge in [0.15, 0.2) is 0 Å². The molecule has 2 aromatic heterocycles. The second kappa shape index (κ2) is 5.48. The highest BCUT2D eigenvalue weighted by Crippen LogP contribution is 2.19. The molecule has 0 aliphatic rings. The van der Waals surface area contributed by atoms with E-state index < -0.39 is 0 Å². The van der Waals surface area contributed by atoms with Crippen LogP contribution in [-0.2, 0) is 0 Å². The Bertz CT molecular complexity index is 577. The smallest absolute Gasteiger partial charge is 0.132 e. The van der Waals surface area contributed by atoms with Gasteiger partial charge in [0.2, 0.25) is 0 Å². The van der Waals surface area contributed by atoms with E-state index in [0.717, 1.165) is 5.56 Å². The van der Waals surface area contributed by atoms with Gasteiger partial charge in [0, 0.05) is 12.4 Å². The molecule has 4 nitrogen and oxygen atoms in total. The van der Waals surface area contributed by atoms with Gasteiger partial charge in [-0.2, -0.15) is 5.26 Å². The van der Waals surface area contributed by atoms with Crippen molar-refractivity contribution < 1.29 is 0 Å². The zero-order valence-electron chi connectivity index (χ0n) is 9.76. The maximum absolute atomic E-state index is 8.86. The lowest BCUT2D eigenvalue weighted by atomic mass is 10.1. The van der Waals surface area contributed by atoms with Crippen LogP contribution in [0.1, 0.15) is 24.1 Å². The Kier molecular flexibility index (Phi) is 3.75. The second-order valence-corrected chi connectivity index (χ2v) is 4.22. The van der Waals surface area contributed by atoms with Crippen LogP contribution in [0.2, 0.25) is 5.15 Å². The third kappa shape index (κ3) is 2.96. The van der Waals surface area contributed by atoms with Crippen molar-refractivity contribution in [1.29, 1.82) is 5.26 Å². The molecule has 90 valence electrons. The summed E-state index contributed by atoms with van der Waals surface area (Å²) < 4.78 is 0. The van der Waals surface area contributed by atoms with Crippen LogP contribution < -0.4 is 5.32 Å². The summed E-state index contributed by atoms with van der Waals surface area (Å²) in [6.45, 7) is 1.99. The Labute approximate surface area is 110 Å². The van der Waals surface area contributed by atoms with Gasteiger partial charge in [0.1, 0.15) is 11.0 Å². The highest BCUT2D eigenvalue weighted by Gasteiger charge is 2.07. The predicted molar refractivity (Wildman–Crippen MR) is 70.2 cm³/mol. The molecule has 0 bridgehead atoms. The highest BCUT2D eigenvalue weighted by molar-refractivity contribution is 6.29. The molecule has 0 aliphatic heterocycles. The van der Waals surface area contributed by atoms with E-state index in [1.165, 1.54) is 6.07 Å². The summed E-state index contributed by atoms with van der Waals surface area (Å²) in [6, 6.07) is 9.12. The topological polar surface area (TPSA) is 61.6 Å². The fourth-order valence-electron chi connectivity index (χ4n) is 1.57. The van der Waals surface area contributed by atoms with Crippen LogP contribution in [0.15, 0.2) is 36.7 Å². The average molecular weight is 259 g/mol. The van der Waals surface area contributed by atoms with Gasteiger partial charge in [-0.25, -0.2) is 4.98 Å². The molecule has 1 unspecified atom stereocenters. The predicted octanol–water partition coefficient (Wildman–Crippen LogP) is 3.17. The summed E-state index contributed by atoms with van der Waals surface area (Å²) in [4.78, 5) is 8.19. The first kappa shape index (κ1) is 12.3.